The smallest absolute Gasteiger partial charge is 0.164 e. The van der Waals surface area contributed by atoms with Gasteiger partial charge in [0.05, 0.1) is 11.0 Å². The first-order chi connectivity index (χ1) is 34.7. The maximum Gasteiger partial charge on any atom is 0.164 e. The second-order valence-electron chi connectivity index (χ2n) is 17.9. The zero-order valence-electron chi connectivity index (χ0n) is 37.8. The van der Waals surface area contributed by atoms with Crippen molar-refractivity contribution < 1.29 is 0 Å². The molecule has 0 radical (unpaired) electrons. The van der Waals surface area contributed by atoms with Crippen LogP contribution in [-0.4, -0.2) is 19.5 Å². The van der Waals surface area contributed by atoms with E-state index in [9.17, 15) is 0 Å². The van der Waals surface area contributed by atoms with Crippen LogP contribution in [0.25, 0.3) is 137 Å². The Morgan fingerprint density at radius 1 is 0.300 bits per heavy atom. The minimum Gasteiger partial charge on any atom is -0.309 e. The molecule has 70 heavy (non-hydrogen) atoms. The monoisotopic (exact) mass is 908 g/mol. The van der Waals surface area contributed by atoms with Gasteiger partial charge in [0.1, 0.15) is 0 Å². The van der Waals surface area contributed by atoms with Crippen LogP contribution in [-0.2, 0) is 0 Å². The molecule has 0 saturated carbocycles. The molecule has 0 bridgehead atoms. The molecule has 0 amide bonds. The van der Waals surface area contributed by atoms with E-state index in [0.717, 1.165) is 55.7 Å². The summed E-state index contributed by atoms with van der Waals surface area (Å²) in [6.45, 7) is 0. The first-order valence-electron chi connectivity index (χ1n) is 23.7. The first-order valence-corrected chi connectivity index (χ1v) is 24.5. The van der Waals surface area contributed by atoms with Gasteiger partial charge >= 0.3 is 0 Å². The van der Waals surface area contributed by atoms with Crippen LogP contribution in [0, 0.1) is 0 Å². The summed E-state index contributed by atoms with van der Waals surface area (Å²) in [5, 5.41) is 9.84. The summed E-state index contributed by atoms with van der Waals surface area (Å²) in [5.41, 5.74) is 12.9. The molecule has 11 aromatic carbocycles. The fourth-order valence-corrected chi connectivity index (χ4v) is 11.7. The molecule has 0 saturated heterocycles. The number of rotatable bonds is 7. The number of benzene rings is 11. The normalized spacial score (nSPS) is 11.7. The highest BCUT2D eigenvalue weighted by molar-refractivity contribution is 7.26. The molecule has 0 spiro atoms. The van der Waals surface area contributed by atoms with Crippen molar-refractivity contribution in [2.24, 2.45) is 0 Å². The summed E-state index contributed by atoms with van der Waals surface area (Å²) >= 11 is 1.86. The maximum atomic E-state index is 5.45. The zero-order valence-corrected chi connectivity index (χ0v) is 38.6. The minimum atomic E-state index is 0.609. The quantitative estimate of drug-likeness (QED) is 0.160. The maximum absolute atomic E-state index is 5.45. The van der Waals surface area contributed by atoms with Gasteiger partial charge in [-0.15, -0.1) is 11.3 Å². The third-order valence-corrected chi connectivity index (χ3v) is 15.0. The molecule has 0 atom stereocenters. The van der Waals surface area contributed by atoms with E-state index in [1.54, 1.807) is 0 Å². The molecule has 14 rings (SSSR count). The van der Waals surface area contributed by atoms with Gasteiger partial charge in [-0.1, -0.05) is 194 Å². The molecule has 0 fully saturated rings. The molecule has 326 valence electrons. The van der Waals surface area contributed by atoms with E-state index in [4.69, 9.17) is 15.0 Å². The van der Waals surface area contributed by atoms with Gasteiger partial charge in [0, 0.05) is 53.3 Å². The van der Waals surface area contributed by atoms with Crippen molar-refractivity contribution >= 4 is 74.9 Å². The molecule has 14 aromatic rings. The standard InChI is InChI=1S/C65H40N4S/c1-3-15-41(16-4-1)42-29-31-43(32-30-42)46-22-13-23-49(37-46)64-66-63(45-18-5-2-6-19-45)67-65(68-64)54-36-34-50(69-58-27-12-11-25-52(58)57-38-47-20-7-8-21-48(47)39-59(57)69)40-56(54)53-26-14-28-60-61(53)55-35-33-44-17-9-10-24-51(44)62(55)70-60/h1-40H. The lowest BCUT2D eigenvalue weighted by molar-refractivity contribution is 1.07. The number of aromatic nitrogens is 4. The van der Waals surface area contributed by atoms with Crippen LogP contribution in [0.4, 0.5) is 0 Å². The molecular weight excluding hydrogens is 869 g/mol. The van der Waals surface area contributed by atoms with E-state index in [0.29, 0.717) is 17.5 Å². The van der Waals surface area contributed by atoms with Crippen molar-refractivity contribution in [2.75, 3.05) is 0 Å². The van der Waals surface area contributed by atoms with Crippen molar-refractivity contribution in [1.82, 2.24) is 19.5 Å². The number of hydrogen-bond donors (Lipinski definition) is 0. The zero-order chi connectivity index (χ0) is 46.1. The Labute approximate surface area is 408 Å². The fourth-order valence-electron chi connectivity index (χ4n) is 10.5. The number of nitrogens with zero attached hydrogens (tertiary/aromatic N) is 4. The lowest BCUT2D eigenvalue weighted by Crippen LogP contribution is -2.02. The second kappa shape index (κ2) is 16.3. The Morgan fingerprint density at radius 3 is 1.70 bits per heavy atom. The molecule has 0 aliphatic carbocycles. The van der Waals surface area contributed by atoms with Gasteiger partial charge in [0.25, 0.3) is 0 Å². The summed E-state index contributed by atoms with van der Waals surface area (Å²) in [6, 6.07) is 87.0. The third kappa shape index (κ3) is 6.70. The SMILES string of the molecule is c1ccc(-c2ccc(-c3cccc(-c4nc(-c5ccccc5)nc(-c5ccc(-n6c7ccccc7c7cc8ccccc8cc76)cc5-c5cccc6sc7c8ccccc8ccc7c56)n4)c3)cc2)cc1. The van der Waals surface area contributed by atoms with Gasteiger partial charge in [0.2, 0.25) is 0 Å². The van der Waals surface area contributed by atoms with Crippen LogP contribution in [0.1, 0.15) is 0 Å². The van der Waals surface area contributed by atoms with E-state index in [-0.39, 0.29) is 0 Å². The van der Waals surface area contributed by atoms with Gasteiger partial charge in [-0.25, -0.2) is 15.0 Å². The molecule has 4 nitrogen and oxygen atoms in total. The average Bonchev–Trinajstić information content (AvgIpc) is 3.99. The van der Waals surface area contributed by atoms with E-state index in [2.05, 4.69) is 229 Å². The van der Waals surface area contributed by atoms with Crippen molar-refractivity contribution in [1.29, 1.82) is 0 Å². The van der Waals surface area contributed by atoms with E-state index in [1.807, 2.05) is 29.5 Å². The lowest BCUT2D eigenvalue weighted by atomic mass is 9.93. The Balaban J connectivity index is 1.01. The van der Waals surface area contributed by atoms with Gasteiger partial charge in [-0.2, -0.15) is 0 Å². The van der Waals surface area contributed by atoms with Crippen LogP contribution in [0.3, 0.4) is 0 Å². The highest BCUT2D eigenvalue weighted by Crippen LogP contribution is 2.46. The highest BCUT2D eigenvalue weighted by Gasteiger charge is 2.22. The molecule has 0 aliphatic heterocycles. The molecule has 3 heterocycles. The predicted octanol–water partition coefficient (Wildman–Crippen LogP) is 17.6. The summed E-state index contributed by atoms with van der Waals surface area (Å²) < 4.78 is 4.95. The van der Waals surface area contributed by atoms with Crippen LogP contribution in [0.15, 0.2) is 243 Å². The average molecular weight is 909 g/mol. The van der Waals surface area contributed by atoms with Crippen molar-refractivity contribution in [2.45, 2.75) is 0 Å². The molecule has 3 aromatic heterocycles. The first kappa shape index (κ1) is 40.1. The predicted molar refractivity (Wildman–Crippen MR) is 295 cm³/mol. The topological polar surface area (TPSA) is 43.6 Å². The van der Waals surface area contributed by atoms with E-state index in [1.165, 1.54) is 63.6 Å². The van der Waals surface area contributed by atoms with Gasteiger partial charge < -0.3 is 4.57 Å². The van der Waals surface area contributed by atoms with Crippen molar-refractivity contribution in [3.63, 3.8) is 0 Å². The molecule has 0 unspecified atom stereocenters. The number of para-hydroxylation sites is 1. The van der Waals surface area contributed by atoms with Crippen LogP contribution >= 0.6 is 11.3 Å². The number of fused-ring (bicyclic) bond motifs is 9. The molecule has 0 N–H and O–H groups in total. The summed E-state index contributed by atoms with van der Waals surface area (Å²) in [6.07, 6.45) is 0. The Kier molecular flexibility index (Phi) is 9.36. The Morgan fingerprint density at radius 2 is 0.900 bits per heavy atom. The molecular formula is C65H40N4S. The van der Waals surface area contributed by atoms with E-state index < -0.39 is 0 Å². The van der Waals surface area contributed by atoms with Crippen molar-refractivity contribution in [3.05, 3.63) is 243 Å². The second-order valence-corrected chi connectivity index (χ2v) is 19.0. The van der Waals surface area contributed by atoms with Crippen LogP contribution in [0.5, 0.6) is 0 Å². The van der Waals surface area contributed by atoms with Gasteiger partial charge in [-0.05, 0) is 103 Å². The van der Waals surface area contributed by atoms with Crippen molar-refractivity contribution in [3.8, 4) is 73.2 Å². The fraction of sp³-hybridized carbons (Fsp3) is 0. The minimum absolute atomic E-state index is 0.609. The lowest BCUT2D eigenvalue weighted by Gasteiger charge is -2.16. The summed E-state index contributed by atoms with van der Waals surface area (Å²) in [7, 11) is 0. The number of hydrogen-bond acceptors (Lipinski definition) is 4. The van der Waals surface area contributed by atoms with E-state index >= 15 is 0 Å². The van der Waals surface area contributed by atoms with Crippen LogP contribution in [0.2, 0.25) is 0 Å². The van der Waals surface area contributed by atoms with Crippen LogP contribution < -0.4 is 0 Å². The largest absolute Gasteiger partial charge is 0.309 e. The van der Waals surface area contributed by atoms with Gasteiger partial charge in [-0.3, -0.25) is 0 Å². The third-order valence-electron chi connectivity index (χ3n) is 13.8. The summed E-state index contributed by atoms with van der Waals surface area (Å²) in [5.74, 6) is 1.84. The number of thiophene rings is 1. The summed E-state index contributed by atoms with van der Waals surface area (Å²) in [4.78, 5) is 16.0. The molecule has 5 heteroatoms. The molecule has 0 aliphatic rings. The Hall–Kier alpha value is -9.03. The Bertz CT molecular complexity index is 4340. The van der Waals surface area contributed by atoms with Gasteiger partial charge in [0.15, 0.2) is 17.5 Å². The highest BCUT2D eigenvalue weighted by atomic mass is 32.1.